The van der Waals surface area contributed by atoms with E-state index in [1.807, 2.05) is 36.4 Å². The molecule has 0 unspecified atom stereocenters. The number of methoxy groups -OCH3 is 2. The van der Waals surface area contributed by atoms with Gasteiger partial charge in [0.1, 0.15) is 5.75 Å². The van der Waals surface area contributed by atoms with Crippen LogP contribution < -0.4 is 14.2 Å². The molecule has 27 heavy (non-hydrogen) atoms. The fourth-order valence-corrected chi connectivity index (χ4v) is 2.87. The topological polar surface area (TPSA) is 48.0 Å². The normalized spacial score (nSPS) is 10.5. The molecule has 0 bridgehead atoms. The first-order valence-corrected chi connectivity index (χ1v) is 8.61. The highest BCUT2D eigenvalue weighted by Gasteiger charge is 2.12. The van der Waals surface area contributed by atoms with Gasteiger partial charge in [0, 0.05) is 19.7 Å². The molecule has 3 rings (SSSR count). The van der Waals surface area contributed by atoms with Crippen LogP contribution in [0.4, 0.5) is 0 Å². The first kappa shape index (κ1) is 18.6. The Morgan fingerprint density at radius 3 is 2.41 bits per heavy atom. The lowest BCUT2D eigenvalue weighted by Crippen LogP contribution is -2.27. The number of nitrogens with zero attached hydrogens (tertiary/aromatic N) is 1. The van der Waals surface area contributed by atoms with Crippen LogP contribution in [0.1, 0.15) is 0 Å². The van der Waals surface area contributed by atoms with E-state index in [1.54, 1.807) is 28.3 Å². The molecule has 0 radical (unpaired) electrons. The second kappa shape index (κ2) is 7.99. The van der Waals surface area contributed by atoms with E-state index in [1.165, 1.54) is 4.90 Å². The van der Waals surface area contributed by atoms with Crippen LogP contribution in [0, 0.1) is 0 Å². The third-order valence-electron chi connectivity index (χ3n) is 4.39. The van der Waals surface area contributed by atoms with Crippen molar-refractivity contribution < 1.29 is 19.0 Å². The van der Waals surface area contributed by atoms with Gasteiger partial charge in [0.05, 0.1) is 14.2 Å². The lowest BCUT2D eigenvalue weighted by molar-refractivity contribution is -0.130. The number of carbonyl (C=O) groups is 1. The maximum Gasteiger partial charge on any atom is 0.259 e. The van der Waals surface area contributed by atoms with E-state index in [0.29, 0.717) is 17.2 Å². The Labute approximate surface area is 159 Å². The smallest absolute Gasteiger partial charge is 0.259 e. The van der Waals surface area contributed by atoms with E-state index in [4.69, 9.17) is 14.2 Å². The molecule has 3 aromatic rings. The summed E-state index contributed by atoms with van der Waals surface area (Å²) in [6.07, 6.45) is 0. The number of benzene rings is 3. The minimum atomic E-state index is -0.0787. The predicted octanol–water partition coefficient (Wildman–Crippen LogP) is 3.99. The van der Waals surface area contributed by atoms with Crippen LogP contribution in [0.2, 0.25) is 0 Å². The van der Waals surface area contributed by atoms with Crippen molar-refractivity contribution in [2.75, 3.05) is 34.9 Å². The molecule has 0 fully saturated rings. The van der Waals surface area contributed by atoms with Crippen LogP contribution in [0.3, 0.4) is 0 Å². The quantitative estimate of drug-likeness (QED) is 0.663. The molecule has 0 spiro atoms. The molecule has 1 amide bonds. The maximum atomic E-state index is 11.7. The third kappa shape index (κ3) is 3.97. The van der Waals surface area contributed by atoms with Gasteiger partial charge in [-0.25, -0.2) is 0 Å². The fourth-order valence-electron chi connectivity index (χ4n) is 2.87. The van der Waals surface area contributed by atoms with Gasteiger partial charge in [0.15, 0.2) is 18.1 Å². The number of ether oxygens (including phenoxy) is 3. The highest BCUT2D eigenvalue weighted by Crippen LogP contribution is 2.38. The summed E-state index contributed by atoms with van der Waals surface area (Å²) in [6.45, 7) is 0.0158. The molecule has 140 valence electrons. The number of rotatable bonds is 6. The second-order valence-electron chi connectivity index (χ2n) is 6.34. The molecule has 5 nitrogen and oxygen atoms in total. The molecule has 3 aromatic carbocycles. The van der Waals surface area contributed by atoms with Gasteiger partial charge in [-0.2, -0.15) is 0 Å². The molecule has 0 saturated carbocycles. The highest BCUT2D eigenvalue weighted by atomic mass is 16.5. The van der Waals surface area contributed by atoms with Crippen molar-refractivity contribution in [1.29, 1.82) is 0 Å². The Morgan fingerprint density at radius 2 is 1.70 bits per heavy atom. The number of carbonyl (C=O) groups excluding carboxylic acids is 1. The first-order chi connectivity index (χ1) is 13.0. The summed E-state index contributed by atoms with van der Waals surface area (Å²) in [4.78, 5) is 13.2. The SMILES string of the molecule is COc1cccc(-c2ccc3ccc(OCC(=O)N(C)C)cc3c2)c1OC. The van der Waals surface area contributed by atoms with Crippen LogP contribution in [0.25, 0.3) is 21.9 Å². The number of amides is 1. The van der Waals surface area contributed by atoms with E-state index in [-0.39, 0.29) is 12.5 Å². The van der Waals surface area contributed by atoms with Crippen molar-refractivity contribution in [3.63, 3.8) is 0 Å². The minimum Gasteiger partial charge on any atom is -0.493 e. The Bertz CT molecular complexity index is 966. The Morgan fingerprint density at radius 1 is 0.926 bits per heavy atom. The fraction of sp³-hybridized carbons (Fsp3) is 0.227. The molecule has 0 N–H and O–H groups in total. The Kier molecular flexibility index (Phi) is 5.50. The summed E-state index contributed by atoms with van der Waals surface area (Å²) >= 11 is 0. The van der Waals surface area contributed by atoms with Crippen molar-refractivity contribution in [2.24, 2.45) is 0 Å². The Hall–Kier alpha value is -3.21. The zero-order chi connectivity index (χ0) is 19.4. The monoisotopic (exact) mass is 365 g/mol. The Balaban J connectivity index is 1.96. The van der Waals surface area contributed by atoms with Gasteiger partial charge in [-0.3, -0.25) is 4.79 Å². The van der Waals surface area contributed by atoms with Crippen LogP contribution >= 0.6 is 0 Å². The third-order valence-corrected chi connectivity index (χ3v) is 4.39. The molecule has 5 heteroatoms. The zero-order valence-electron chi connectivity index (χ0n) is 16.0. The van der Waals surface area contributed by atoms with Crippen molar-refractivity contribution in [3.8, 4) is 28.4 Å². The summed E-state index contributed by atoms with van der Waals surface area (Å²) < 4.78 is 16.6. The van der Waals surface area contributed by atoms with Crippen LogP contribution in [-0.2, 0) is 4.79 Å². The van der Waals surface area contributed by atoms with Gasteiger partial charge in [-0.1, -0.05) is 30.3 Å². The van der Waals surface area contributed by atoms with Gasteiger partial charge in [0.25, 0.3) is 5.91 Å². The number of para-hydroxylation sites is 1. The summed E-state index contributed by atoms with van der Waals surface area (Å²) in [7, 11) is 6.68. The van der Waals surface area contributed by atoms with Crippen molar-refractivity contribution in [1.82, 2.24) is 4.90 Å². The number of hydrogen-bond acceptors (Lipinski definition) is 4. The summed E-state index contributed by atoms with van der Waals surface area (Å²) in [5, 5.41) is 2.11. The van der Waals surface area contributed by atoms with Crippen molar-refractivity contribution in [3.05, 3.63) is 54.6 Å². The van der Waals surface area contributed by atoms with E-state index >= 15 is 0 Å². The van der Waals surface area contributed by atoms with E-state index < -0.39 is 0 Å². The summed E-state index contributed by atoms with van der Waals surface area (Å²) in [5.41, 5.74) is 1.97. The molecule has 0 aliphatic carbocycles. The lowest BCUT2D eigenvalue weighted by atomic mass is 10.00. The molecule has 0 heterocycles. The minimum absolute atomic E-state index is 0.0158. The van der Waals surface area contributed by atoms with Gasteiger partial charge >= 0.3 is 0 Å². The van der Waals surface area contributed by atoms with E-state index in [9.17, 15) is 4.79 Å². The molecule has 0 aromatic heterocycles. The van der Waals surface area contributed by atoms with Gasteiger partial charge in [-0.15, -0.1) is 0 Å². The number of likely N-dealkylation sites (N-methyl/N-ethyl adjacent to an activating group) is 1. The van der Waals surface area contributed by atoms with Crippen molar-refractivity contribution in [2.45, 2.75) is 0 Å². The molecule has 0 saturated heterocycles. The van der Waals surface area contributed by atoms with E-state index in [0.717, 1.165) is 21.9 Å². The van der Waals surface area contributed by atoms with Crippen LogP contribution in [0.15, 0.2) is 54.6 Å². The van der Waals surface area contributed by atoms with Crippen LogP contribution in [0.5, 0.6) is 17.2 Å². The van der Waals surface area contributed by atoms with Crippen LogP contribution in [-0.4, -0.2) is 45.7 Å². The first-order valence-electron chi connectivity index (χ1n) is 8.61. The highest BCUT2D eigenvalue weighted by molar-refractivity contribution is 5.90. The molecular weight excluding hydrogens is 342 g/mol. The summed E-state index contributed by atoms with van der Waals surface area (Å²) in [5.74, 6) is 1.97. The van der Waals surface area contributed by atoms with Gasteiger partial charge in [0.2, 0.25) is 0 Å². The zero-order valence-corrected chi connectivity index (χ0v) is 16.0. The summed E-state index contributed by atoms with van der Waals surface area (Å²) in [6, 6.07) is 17.8. The average Bonchev–Trinajstić information content (AvgIpc) is 2.70. The van der Waals surface area contributed by atoms with Gasteiger partial charge < -0.3 is 19.1 Å². The standard InChI is InChI=1S/C22H23NO4/c1-23(2)21(24)14-27-18-11-10-15-8-9-16(12-17(15)13-18)19-6-5-7-20(25-3)22(19)26-4/h5-13H,14H2,1-4H3. The maximum absolute atomic E-state index is 11.7. The average molecular weight is 365 g/mol. The molecular formula is C22H23NO4. The predicted molar refractivity (Wildman–Crippen MR) is 107 cm³/mol. The molecule has 0 aliphatic heterocycles. The molecule has 0 aliphatic rings. The lowest BCUT2D eigenvalue weighted by Gasteiger charge is -2.14. The van der Waals surface area contributed by atoms with E-state index in [2.05, 4.69) is 18.2 Å². The second-order valence-corrected chi connectivity index (χ2v) is 6.34. The largest absolute Gasteiger partial charge is 0.493 e. The number of fused-ring (bicyclic) bond motifs is 1. The van der Waals surface area contributed by atoms with Crippen molar-refractivity contribution >= 4 is 16.7 Å². The number of hydrogen-bond donors (Lipinski definition) is 0. The van der Waals surface area contributed by atoms with Gasteiger partial charge in [-0.05, 0) is 40.6 Å². The molecule has 0 atom stereocenters.